The number of H-pyrrole nitrogens is 1. The van der Waals surface area contributed by atoms with Crippen LogP contribution in [0.3, 0.4) is 0 Å². The predicted molar refractivity (Wildman–Crippen MR) is 62.3 cm³/mol. The van der Waals surface area contributed by atoms with Crippen LogP contribution >= 0.6 is 0 Å². The summed E-state index contributed by atoms with van der Waals surface area (Å²) in [4.78, 5) is 13.7. The number of rotatable bonds is 3. The third-order valence-electron chi connectivity index (χ3n) is 2.55. The number of carboxylic acid groups (broad SMARTS) is 1. The molecule has 1 unspecified atom stereocenters. The molecular weight excluding hydrogens is 204 g/mol. The Labute approximate surface area is 93.9 Å². The molecule has 0 aliphatic heterocycles. The molecule has 0 aliphatic carbocycles. The molecule has 1 atom stereocenters. The molecule has 2 rings (SSSR count). The van der Waals surface area contributed by atoms with Gasteiger partial charge in [-0.05, 0) is 23.9 Å². The van der Waals surface area contributed by atoms with Crippen molar-refractivity contribution in [2.75, 3.05) is 0 Å². The van der Waals surface area contributed by atoms with Gasteiger partial charge in [0.2, 0.25) is 0 Å². The standard InChI is InChI=1S/C12H13NO2.H3N/c1-8(6-12(14)15)11-7-9-4-2-3-5-10(9)13-11;/h2-5,7-8,13H,6H2,1H3,(H,14,15);1H3. The monoisotopic (exact) mass is 220 g/mol. The zero-order chi connectivity index (χ0) is 10.8. The van der Waals surface area contributed by atoms with Gasteiger partial charge in [0.1, 0.15) is 0 Å². The quantitative estimate of drug-likeness (QED) is 0.825. The number of carboxylic acids is 1. The summed E-state index contributed by atoms with van der Waals surface area (Å²) in [6.07, 6.45) is 0.0484. The van der Waals surface area contributed by atoms with Crippen LogP contribution in [0, 0.1) is 0 Å². The summed E-state index contributed by atoms with van der Waals surface area (Å²) in [5, 5.41) is 11.6. The Morgan fingerprint density at radius 3 is 2.75 bits per heavy atom. The Balaban J connectivity index is 0.00000128. The summed E-state index contributed by atoms with van der Waals surface area (Å²) in [6.45, 7) is 1.88. The molecule has 0 bridgehead atoms. The van der Waals surface area contributed by atoms with E-state index in [1.807, 2.05) is 37.3 Å². The fraction of sp³-hybridized carbons (Fsp3) is 0.250. The molecule has 0 radical (unpaired) electrons. The number of hydrogen-bond acceptors (Lipinski definition) is 2. The molecule has 0 saturated heterocycles. The average molecular weight is 220 g/mol. The molecule has 1 aromatic heterocycles. The lowest BCUT2D eigenvalue weighted by molar-refractivity contribution is -0.306. The van der Waals surface area contributed by atoms with Gasteiger partial charge in [0.15, 0.2) is 0 Å². The van der Waals surface area contributed by atoms with E-state index in [1.165, 1.54) is 0 Å². The summed E-state index contributed by atoms with van der Waals surface area (Å²) in [7, 11) is 0. The SMILES string of the molecule is CC(CC(=O)[O-])c1cc2ccccc2[nH]1.[NH4+]. The maximum atomic E-state index is 10.5. The smallest absolute Gasteiger partial charge is 0.0456 e. The summed E-state index contributed by atoms with van der Waals surface area (Å²) >= 11 is 0. The minimum absolute atomic E-state index is 0. The molecule has 1 heterocycles. The molecule has 4 heteroatoms. The zero-order valence-corrected chi connectivity index (χ0v) is 9.49. The van der Waals surface area contributed by atoms with Gasteiger partial charge in [-0.3, -0.25) is 0 Å². The zero-order valence-electron chi connectivity index (χ0n) is 9.49. The normalized spacial score (nSPS) is 12.1. The van der Waals surface area contributed by atoms with Gasteiger partial charge in [-0.25, -0.2) is 0 Å². The third kappa shape index (κ3) is 2.41. The van der Waals surface area contributed by atoms with E-state index in [2.05, 4.69) is 4.98 Å². The largest absolute Gasteiger partial charge is 0.550 e. The number of carbonyl (C=O) groups is 1. The first-order valence-corrected chi connectivity index (χ1v) is 4.94. The topological polar surface area (TPSA) is 92.4 Å². The molecule has 0 fully saturated rings. The van der Waals surface area contributed by atoms with E-state index in [9.17, 15) is 9.90 Å². The van der Waals surface area contributed by atoms with Crippen LogP contribution in [0.4, 0.5) is 0 Å². The summed E-state index contributed by atoms with van der Waals surface area (Å²) < 4.78 is 0. The van der Waals surface area contributed by atoms with Gasteiger partial charge in [0.05, 0.1) is 0 Å². The second kappa shape index (κ2) is 4.81. The fourth-order valence-electron chi connectivity index (χ4n) is 1.72. The van der Waals surface area contributed by atoms with Gasteiger partial charge in [0, 0.05) is 23.1 Å². The first-order valence-electron chi connectivity index (χ1n) is 4.94. The van der Waals surface area contributed by atoms with Crippen LogP contribution in [0.2, 0.25) is 0 Å². The maximum absolute atomic E-state index is 10.5. The fourth-order valence-corrected chi connectivity index (χ4v) is 1.72. The molecule has 5 N–H and O–H groups in total. The Kier molecular flexibility index (Phi) is 3.68. The van der Waals surface area contributed by atoms with Crippen molar-refractivity contribution in [2.24, 2.45) is 0 Å². The van der Waals surface area contributed by atoms with Crippen molar-refractivity contribution in [3.8, 4) is 0 Å². The summed E-state index contributed by atoms with van der Waals surface area (Å²) in [6, 6.07) is 9.88. The average Bonchev–Trinajstić information content (AvgIpc) is 2.59. The highest BCUT2D eigenvalue weighted by Gasteiger charge is 2.08. The van der Waals surface area contributed by atoms with Crippen molar-refractivity contribution >= 4 is 16.9 Å². The number of carbonyl (C=O) groups excluding carboxylic acids is 1. The van der Waals surface area contributed by atoms with E-state index in [0.29, 0.717) is 0 Å². The molecular formula is C12H16N2O2. The highest BCUT2D eigenvalue weighted by Crippen LogP contribution is 2.22. The van der Waals surface area contributed by atoms with Crippen molar-refractivity contribution in [2.45, 2.75) is 19.3 Å². The molecule has 16 heavy (non-hydrogen) atoms. The Morgan fingerprint density at radius 2 is 2.12 bits per heavy atom. The van der Waals surface area contributed by atoms with Crippen LogP contribution in [0.25, 0.3) is 10.9 Å². The number of quaternary nitrogens is 1. The number of nitrogens with one attached hydrogen (secondary N) is 1. The number of aliphatic carboxylic acids is 1. The lowest BCUT2D eigenvalue weighted by atomic mass is 10.0. The van der Waals surface area contributed by atoms with Crippen LogP contribution in [-0.4, -0.2) is 11.0 Å². The molecule has 1 aromatic carbocycles. The minimum Gasteiger partial charge on any atom is -0.550 e. The van der Waals surface area contributed by atoms with E-state index >= 15 is 0 Å². The van der Waals surface area contributed by atoms with E-state index in [4.69, 9.17) is 0 Å². The van der Waals surface area contributed by atoms with Gasteiger partial charge in [0.25, 0.3) is 0 Å². The summed E-state index contributed by atoms with van der Waals surface area (Å²) in [5.74, 6) is -1.05. The molecule has 4 nitrogen and oxygen atoms in total. The van der Waals surface area contributed by atoms with Crippen molar-refractivity contribution < 1.29 is 9.90 Å². The predicted octanol–water partition coefficient (Wildman–Crippen LogP) is 1.79. The van der Waals surface area contributed by atoms with Crippen LogP contribution in [0.15, 0.2) is 30.3 Å². The van der Waals surface area contributed by atoms with Crippen molar-refractivity contribution in [3.05, 3.63) is 36.0 Å². The summed E-state index contributed by atoms with van der Waals surface area (Å²) in [5.41, 5.74) is 1.98. The molecule has 2 aromatic rings. The maximum Gasteiger partial charge on any atom is 0.0456 e. The first-order chi connectivity index (χ1) is 7.16. The molecule has 86 valence electrons. The minimum atomic E-state index is -1.01. The third-order valence-corrected chi connectivity index (χ3v) is 2.55. The molecule has 0 aliphatic rings. The van der Waals surface area contributed by atoms with Crippen molar-refractivity contribution in [3.63, 3.8) is 0 Å². The molecule has 0 saturated carbocycles. The lowest BCUT2D eigenvalue weighted by Crippen LogP contribution is -2.23. The highest BCUT2D eigenvalue weighted by atomic mass is 16.4. The Morgan fingerprint density at radius 1 is 1.44 bits per heavy atom. The van der Waals surface area contributed by atoms with Crippen LogP contribution < -0.4 is 11.3 Å². The molecule has 0 spiro atoms. The number of aromatic amines is 1. The van der Waals surface area contributed by atoms with Gasteiger partial charge < -0.3 is 21.0 Å². The second-order valence-corrected chi connectivity index (χ2v) is 3.79. The van der Waals surface area contributed by atoms with E-state index in [1.54, 1.807) is 0 Å². The van der Waals surface area contributed by atoms with Crippen molar-refractivity contribution in [1.29, 1.82) is 0 Å². The van der Waals surface area contributed by atoms with Gasteiger partial charge >= 0.3 is 0 Å². The highest BCUT2D eigenvalue weighted by molar-refractivity contribution is 5.80. The number of hydrogen-bond donors (Lipinski definition) is 2. The number of para-hydroxylation sites is 1. The van der Waals surface area contributed by atoms with Crippen LogP contribution in [-0.2, 0) is 4.79 Å². The van der Waals surface area contributed by atoms with E-state index in [-0.39, 0.29) is 18.5 Å². The van der Waals surface area contributed by atoms with Crippen LogP contribution in [0.5, 0.6) is 0 Å². The van der Waals surface area contributed by atoms with Crippen LogP contribution in [0.1, 0.15) is 25.0 Å². The number of aromatic nitrogens is 1. The lowest BCUT2D eigenvalue weighted by Gasteiger charge is -2.09. The van der Waals surface area contributed by atoms with E-state index < -0.39 is 5.97 Å². The van der Waals surface area contributed by atoms with E-state index in [0.717, 1.165) is 16.6 Å². The van der Waals surface area contributed by atoms with Gasteiger partial charge in [-0.1, -0.05) is 25.1 Å². The Bertz CT molecular complexity index is 457. The molecule has 0 amide bonds. The number of fused-ring (bicyclic) bond motifs is 1. The first kappa shape index (κ1) is 12.3. The van der Waals surface area contributed by atoms with Crippen molar-refractivity contribution in [1.82, 2.24) is 11.1 Å². The Hall–Kier alpha value is -1.81. The van der Waals surface area contributed by atoms with Gasteiger partial charge in [-0.15, -0.1) is 0 Å². The van der Waals surface area contributed by atoms with Gasteiger partial charge in [-0.2, -0.15) is 0 Å². The second-order valence-electron chi connectivity index (χ2n) is 3.79. The number of benzene rings is 1.